The molecule has 0 radical (unpaired) electrons. The molecular weight excluding hydrogens is 310 g/mol. The molecule has 0 saturated carbocycles. The van der Waals surface area contributed by atoms with Crippen LogP contribution in [0.2, 0.25) is 0 Å². The summed E-state index contributed by atoms with van der Waals surface area (Å²) in [5.74, 6) is 0.0516. The Morgan fingerprint density at radius 2 is 2.22 bits per heavy atom. The van der Waals surface area contributed by atoms with E-state index in [1.165, 1.54) is 0 Å². The third-order valence-corrected chi connectivity index (χ3v) is 4.95. The lowest BCUT2D eigenvalue weighted by Crippen LogP contribution is -2.37. The van der Waals surface area contributed by atoms with Gasteiger partial charge in [0.2, 0.25) is 0 Å². The molecule has 0 aliphatic carbocycles. The van der Waals surface area contributed by atoms with Crippen molar-refractivity contribution in [3.8, 4) is 0 Å². The highest BCUT2D eigenvalue weighted by Gasteiger charge is 2.37. The van der Waals surface area contributed by atoms with Gasteiger partial charge < -0.3 is 15.0 Å². The largest absolute Gasteiger partial charge is 0.376 e. The van der Waals surface area contributed by atoms with E-state index < -0.39 is 0 Å². The van der Waals surface area contributed by atoms with Gasteiger partial charge in [-0.25, -0.2) is 0 Å². The zero-order chi connectivity index (χ0) is 15.8. The maximum atomic E-state index is 12.7. The molecular formula is C17H19N3O2S. The molecule has 1 aromatic carbocycles. The molecule has 1 amide bonds. The summed E-state index contributed by atoms with van der Waals surface area (Å²) in [5, 5.41) is 4.85. The lowest BCUT2D eigenvalue weighted by molar-refractivity contribution is -0.128. The first-order chi connectivity index (χ1) is 11.2. The molecule has 2 atom stereocenters. The van der Waals surface area contributed by atoms with E-state index >= 15 is 0 Å². The lowest BCUT2D eigenvalue weighted by atomic mass is 10.0. The van der Waals surface area contributed by atoms with E-state index in [4.69, 9.17) is 17.0 Å². The molecule has 2 N–H and O–H groups in total. The highest BCUT2D eigenvalue weighted by atomic mass is 32.1. The maximum absolute atomic E-state index is 12.7. The number of H-pyrrole nitrogens is 1. The number of fused-ring (bicyclic) bond motifs is 1. The Morgan fingerprint density at radius 3 is 3.04 bits per heavy atom. The highest BCUT2D eigenvalue weighted by Crippen LogP contribution is 2.22. The number of nitrogens with zero attached hydrogens (tertiary/aromatic N) is 1. The molecule has 120 valence electrons. The number of para-hydroxylation sites is 1. The molecule has 2 unspecified atom stereocenters. The van der Waals surface area contributed by atoms with Crippen molar-refractivity contribution in [3.05, 3.63) is 36.0 Å². The molecule has 6 heteroatoms. The van der Waals surface area contributed by atoms with Crippen LogP contribution in [0.1, 0.15) is 18.4 Å². The second-order valence-electron chi connectivity index (χ2n) is 6.15. The van der Waals surface area contributed by atoms with Crippen LogP contribution in [0, 0.1) is 0 Å². The third-order valence-electron chi connectivity index (χ3n) is 4.62. The number of hydrogen-bond donors (Lipinski definition) is 2. The molecule has 2 aliphatic heterocycles. The summed E-state index contributed by atoms with van der Waals surface area (Å²) in [4.78, 5) is 17.6. The Kier molecular flexibility index (Phi) is 3.79. The van der Waals surface area contributed by atoms with Crippen LogP contribution in [-0.4, -0.2) is 46.2 Å². The molecule has 2 aliphatic rings. The molecule has 0 spiro atoms. The smallest absolute Gasteiger partial charge is 0.251 e. The van der Waals surface area contributed by atoms with Crippen LogP contribution in [0.25, 0.3) is 10.9 Å². The average Bonchev–Trinajstić information content (AvgIpc) is 3.26. The zero-order valence-electron chi connectivity index (χ0n) is 12.7. The van der Waals surface area contributed by atoms with Crippen LogP contribution in [0.15, 0.2) is 30.5 Å². The number of hydrogen-bond acceptors (Lipinski definition) is 3. The number of ether oxygens (including phenoxy) is 1. The van der Waals surface area contributed by atoms with Crippen LogP contribution in [0.4, 0.5) is 0 Å². The van der Waals surface area contributed by atoms with Gasteiger partial charge in [-0.15, -0.1) is 0 Å². The molecule has 4 rings (SSSR count). The Balaban J connectivity index is 1.49. The van der Waals surface area contributed by atoms with Crippen molar-refractivity contribution in [1.29, 1.82) is 0 Å². The minimum atomic E-state index is -0.289. The first-order valence-electron chi connectivity index (χ1n) is 8.01. The molecule has 23 heavy (non-hydrogen) atoms. The van der Waals surface area contributed by atoms with Gasteiger partial charge in [0.05, 0.1) is 12.6 Å². The van der Waals surface area contributed by atoms with Gasteiger partial charge in [0.25, 0.3) is 5.91 Å². The normalized spacial score (nSPS) is 24.6. The number of carbonyl (C=O) groups is 1. The van der Waals surface area contributed by atoms with E-state index in [2.05, 4.69) is 16.4 Å². The van der Waals surface area contributed by atoms with Gasteiger partial charge in [-0.1, -0.05) is 18.2 Å². The summed E-state index contributed by atoms with van der Waals surface area (Å²) in [5.41, 5.74) is 2.22. The third kappa shape index (κ3) is 2.72. The summed E-state index contributed by atoms with van der Waals surface area (Å²) in [7, 11) is 0. The van der Waals surface area contributed by atoms with Crippen molar-refractivity contribution >= 4 is 34.1 Å². The second-order valence-corrected chi connectivity index (χ2v) is 6.54. The van der Waals surface area contributed by atoms with Crippen molar-refractivity contribution in [2.24, 2.45) is 0 Å². The van der Waals surface area contributed by atoms with Gasteiger partial charge >= 0.3 is 0 Å². The summed E-state index contributed by atoms with van der Waals surface area (Å²) in [6, 6.07) is 7.83. The minimum absolute atomic E-state index is 0.0516. The number of rotatable bonds is 4. The summed E-state index contributed by atoms with van der Waals surface area (Å²) >= 11 is 5.35. The quantitative estimate of drug-likeness (QED) is 0.842. The maximum Gasteiger partial charge on any atom is 0.251 e. The standard InChI is InChI=1S/C17H19N3O2S/c21-16-15(8-11-9-18-14-6-2-1-5-13(11)14)19-17(23)20(16)10-12-4-3-7-22-12/h1-2,5-6,9,12,15,18H,3-4,7-8,10H2,(H,19,23). The van der Waals surface area contributed by atoms with Crippen molar-refractivity contribution in [3.63, 3.8) is 0 Å². The van der Waals surface area contributed by atoms with Crippen molar-refractivity contribution < 1.29 is 9.53 Å². The van der Waals surface area contributed by atoms with Gasteiger partial charge in [0, 0.05) is 30.1 Å². The van der Waals surface area contributed by atoms with E-state index in [1.54, 1.807) is 4.90 Å². The number of thiocarbonyl (C=S) groups is 1. The number of aromatic amines is 1. The second kappa shape index (κ2) is 5.94. The van der Waals surface area contributed by atoms with Crippen LogP contribution in [-0.2, 0) is 16.0 Å². The van der Waals surface area contributed by atoms with Crippen LogP contribution in [0.5, 0.6) is 0 Å². The highest BCUT2D eigenvalue weighted by molar-refractivity contribution is 7.80. The van der Waals surface area contributed by atoms with E-state index in [1.807, 2.05) is 24.4 Å². The molecule has 2 saturated heterocycles. The number of amides is 1. The monoisotopic (exact) mass is 329 g/mol. The van der Waals surface area contributed by atoms with E-state index in [0.717, 1.165) is 35.9 Å². The summed E-state index contributed by atoms with van der Waals surface area (Å²) in [6.07, 6.45) is 4.78. The Hall–Kier alpha value is -1.92. The summed E-state index contributed by atoms with van der Waals surface area (Å²) in [6.45, 7) is 1.35. The number of nitrogens with one attached hydrogen (secondary N) is 2. The first kappa shape index (κ1) is 14.7. The minimum Gasteiger partial charge on any atom is -0.376 e. The first-order valence-corrected chi connectivity index (χ1v) is 8.41. The number of benzene rings is 1. The fourth-order valence-corrected chi connectivity index (χ4v) is 3.71. The Bertz CT molecular complexity index is 751. The van der Waals surface area contributed by atoms with E-state index in [0.29, 0.717) is 18.1 Å². The molecule has 1 aromatic heterocycles. The van der Waals surface area contributed by atoms with Gasteiger partial charge in [-0.05, 0) is 36.7 Å². The predicted octanol–water partition coefficient (Wildman–Crippen LogP) is 1.97. The Labute approximate surface area is 140 Å². The number of carbonyl (C=O) groups excluding carboxylic acids is 1. The Morgan fingerprint density at radius 1 is 1.35 bits per heavy atom. The molecule has 2 aromatic rings. The van der Waals surface area contributed by atoms with Gasteiger partial charge in [-0.3, -0.25) is 9.69 Å². The molecule has 5 nitrogen and oxygen atoms in total. The molecule has 0 bridgehead atoms. The van der Waals surface area contributed by atoms with Crippen LogP contribution in [0.3, 0.4) is 0 Å². The van der Waals surface area contributed by atoms with Gasteiger partial charge in [0.15, 0.2) is 5.11 Å². The zero-order valence-corrected chi connectivity index (χ0v) is 13.6. The van der Waals surface area contributed by atoms with Gasteiger partial charge in [-0.2, -0.15) is 0 Å². The summed E-state index contributed by atoms with van der Waals surface area (Å²) < 4.78 is 5.62. The topological polar surface area (TPSA) is 57.4 Å². The van der Waals surface area contributed by atoms with Crippen molar-refractivity contribution in [2.75, 3.05) is 13.2 Å². The fourth-order valence-electron chi connectivity index (χ4n) is 3.40. The fraction of sp³-hybridized carbons (Fsp3) is 0.412. The van der Waals surface area contributed by atoms with Crippen molar-refractivity contribution in [2.45, 2.75) is 31.4 Å². The van der Waals surface area contributed by atoms with Crippen molar-refractivity contribution in [1.82, 2.24) is 15.2 Å². The molecule has 2 fully saturated rings. The predicted molar refractivity (Wildman–Crippen MR) is 92.2 cm³/mol. The van der Waals surface area contributed by atoms with Crippen LogP contribution < -0.4 is 5.32 Å². The van der Waals surface area contributed by atoms with E-state index in [9.17, 15) is 4.79 Å². The number of aromatic nitrogens is 1. The average molecular weight is 329 g/mol. The molecule has 3 heterocycles. The van der Waals surface area contributed by atoms with Gasteiger partial charge in [0.1, 0.15) is 6.04 Å². The SMILES string of the molecule is O=C1C(Cc2c[nH]c3ccccc23)NC(=S)N1CC1CCCO1. The van der Waals surface area contributed by atoms with E-state index in [-0.39, 0.29) is 18.1 Å². The lowest BCUT2D eigenvalue weighted by Gasteiger charge is -2.18. The van der Waals surface area contributed by atoms with Crippen LogP contribution >= 0.6 is 12.2 Å².